The highest BCUT2D eigenvalue weighted by Crippen LogP contribution is 2.38. The van der Waals surface area contributed by atoms with Crippen LogP contribution in [-0.4, -0.2) is 56.8 Å². The lowest BCUT2D eigenvalue weighted by Crippen LogP contribution is -2.55. The molecule has 28 heavy (non-hydrogen) atoms. The number of alkyl halides is 1. The third-order valence-electron chi connectivity index (χ3n) is 5.60. The van der Waals surface area contributed by atoms with Crippen LogP contribution >= 0.6 is 11.3 Å². The fourth-order valence-corrected chi connectivity index (χ4v) is 5.00. The Kier molecular flexibility index (Phi) is 4.24. The number of fused-ring (bicyclic) bond motifs is 2. The van der Waals surface area contributed by atoms with Crippen molar-refractivity contribution in [1.82, 2.24) is 25.7 Å². The number of nitrogens with one attached hydrogen (secondary N) is 1. The van der Waals surface area contributed by atoms with Gasteiger partial charge in [0.2, 0.25) is 17.4 Å². The second kappa shape index (κ2) is 6.78. The van der Waals surface area contributed by atoms with Crippen LogP contribution in [0.5, 0.6) is 5.75 Å². The standard InChI is InChI=1S/C18H19FN6O2S/c1-25(13-7-10-3-5-12(21-10)15(13)19)18-24-23-17(28-18)11-4-2-9(6-14(11)26)16-22-20-8-27-16/h2,4,6,8,10,12-13,15,21,26H,3,5,7H2,1H3/t10?,12?,13-,15+/m0/s1. The molecule has 2 saturated heterocycles. The lowest BCUT2D eigenvalue weighted by atomic mass is 9.97. The van der Waals surface area contributed by atoms with Crippen molar-refractivity contribution in [3.05, 3.63) is 24.6 Å². The Hall–Kier alpha value is -2.59. The van der Waals surface area contributed by atoms with E-state index in [1.807, 2.05) is 11.9 Å². The predicted octanol–water partition coefficient (Wildman–Crippen LogP) is 2.63. The Bertz CT molecular complexity index is 980. The van der Waals surface area contributed by atoms with Crippen LogP contribution in [-0.2, 0) is 0 Å². The molecule has 10 heteroatoms. The Balaban J connectivity index is 1.39. The van der Waals surface area contributed by atoms with E-state index in [2.05, 4.69) is 25.7 Å². The molecule has 8 nitrogen and oxygen atoms in total. The SMILES string of the molecule is CN(c1nnc(-c2ccc(-c3nnco3)cc2O)s1)[C@H]1CC2CCC(N2)[C@H]1F. The number of halogens is 1. The van der Waals surface area contributed by atoms with Gasteiger partial charge in [0.25, 0.3) is 0 Å². The summed E-state index contributed by atoms with van der Waals surface area (Å²) in [5.41, 5.74) is 1.17. The maximum Gasteiger partial charge on any atom is 0.247 e. The molecule has 2 bridgehead atoms. The fraction of sp³-hybridized carbons (Fsp3) is 0.444. The van der Waals surface area contributed by atoms with Gasteiger partial charge in [0.15, 0.2) is 5.01 Å². The lowest BCUT2D eigenvalue weighted by Gasteiger charge is -2.38. The van der Waals surface area contributed by atoms with Crippen LogP contribution in [0.3, 0.4) is 0 Å². The summed E-state index contributed by atoms with van der Waals surface area (Å²) in [4.78, 5) is 1.89. The first-order valence-corrected chi connectivity index (χ1v) is 9.98. The molecule has 2 N–H and O–H groups in total. The average Bonchev–Trinajstić information content (AvgIpc) is 3.45. The predicted molar refractivity (Wildman–Crippen MR) is 102 cm³/mol. The van der Waals surface area contributed by atoms with Crippen molar-refractivity contribution in [2.45, 2.75) is 43.6 Å². The zero-order valence-corrected chi connectivity index (χ0v) is 15.9. The zero-order valence-electron chi connectivity index (χ0n) is 15.1. The molecule has 2 aromatic heterocycles. The molecule has 146 valence electrons. The molecule has 2 unspecified atom stereocenters. The van der Waals surface area contributed by atoms with E-state index in [9.17, 15) is 9.50 Å². The van der Waals surface area contributed by atoms with Gasteiger partial charge in [0.05, 0.1) is 11.6 Å². The summed E-state index contributed by atoms with van der Waals surface area (Å²) in [5, 5.41) is 30.9. The van der Waals surface area contributed by atoms with Crippen LogP contribution in [0.15, 0.2) is 29.0 Å². The molecular weight excluding hydrogens is 383 g/mol. The number of hydrogen-bond donors (Lipinski definition) is 2. The first-order chi connectivity index (χ1) is 13.6. The average molecular weight is 402 g/mol. The number of anilines is 1. The molecule has 0 aliphatic carbocycles. The zero-order chi connectivity index (χ0) is 19.3. The van der Waals surface area contributed by atoms with E-state index in [-0.39, 0.29) is 17.8 Å². The molecule has 4 atom stereocenters. The monoisotopic (exact) mass is 402 g/mol. The smallest absolute Gasteiger partial charge is 0.247 e. The second-order valence-corrected chi connectivity index (χ2v) is 8.23. The Labute approximate surface area is 164 Å². The number of rotatable bonds is 4. The van der Waals surface area contributed by atoms with Gasteiger partial charge >= 0.3 is 0 Å². The maximum absolute atomic E-state index is 14.8. The molecule has 5 rings (SSSR count). The van der Waals surface area contributed by atoms with Crippen molar-refractivity contribution in [2.75, 3.05) is 11.9 Å². The van der Waals surface area contributed by atoms with Gasteiger partial charge in [-0.25, -0.2) is 4.39 Å². The van der Waals surface area contributed by atoms with E-state index in [0.717, 1.165) is 19.3 Å². The number of aromatic hydroxyl groups is 1. The van der Waals surface area contributed by atoms with E-state index >= 15 is 0 Å². The number of nitrogens with zero attached hydrogens (tertiary/aromatic N) is 5. The third-order valence-corrected chi connectivity index (χ3v) is 6.65. The molecule has 3 aromatic rings. The molecule has 1 aromatic carbocycles. The molecule has 0 spiro atoms. The molecule has 4 heterocycles. The Morgan fingerprint density at radius 2 is 2.18 bits per heavy atom. The minimum atomic E-state index is -0.932. The van der Waals surface area contributed by atoms with Gasteiger partial charge in [-0.05, 0) is 37.5 Å². The van der Waals surface area contributed by atoms with Crippen LogP contribution in [0, 0.1) is 0 Å². The largest absolute Gasteiger partial charge is 0.507 e. The van der Waals surface area contributed by atoms with Gasteiger partial charge in [-0.1, -0.05) is 11.3 Å². The van der Waals surface area contributed by atoms with Gasteiger partial charge in [-0.2, -0.15) is 0 Å². The van der Waals surface area contributed by atoms with Crippen LogP contribution in [0.25, 0.3) is 22.0 Å². The normalized spacial score (nSPS) is 26.5. The van der Waals surface area contributed by atoms with Crippen LogP contribution in [0.4, 0.5) is 9.52 Å². The van der Waals surface area contributed by atoms with Gasteiger partial charge in [-0.15, -0.1) is 20.4 Å². The molecule has 0 amide bonds. The highest BCUT2D eigenvalue weighted by atomic mass is 32.1. The van der Waals surface area contributed by atoms with Crippen LogP contribution < -0.4 is 10.2 Å². The Morgan fingerprint density at radius 1 is 1.29 bits per heavy atom. The number of hydrogen-bond acceptors (Lipinski definition) is 9. The summed E-state index contributed by atoms with van der Waals surface area (Å²) in [7, 11) is 1.87. The lowest BCUT2D eigenvalue weighted by molar-refractivity contribution is 0.176. The van der Waals surface area contributed by atoms with Crippen molar-refractivity contribution < 1.29 is 13.9 Å². The minimum Gasteiger partial charge on any atom is -0.507 e. The Morgan fingerprint density at radius 3 is 2.96 bits per heavy atom. The summed E-state index contributed by atoms with van der Waals surface area (Å²) >= 11 is 1.34. The highest BCUT2D eigenvalue weighted by Gasteiger charge is 2.44. The van der Waals surface area contributed by atoms with E-state index in [1.54, 1.807) is 18.2 Å². The van der Waals surface area contributed by atoms with E-state index < -0.39 is 6.17 Å². The summed E-state index contributed by atoms with van der Waals surface area (Å²) in [6, 6.07) is 5.15. The van der Waals surface area contributed by atoms with E-state index in [4.69, 9.17) is 4.42 Å². The highest BCUT2D eigenvalue weighted by molar-refractivity contribution is 7.18. The van der Waals surface area contributed by atoms with Crippen molar-refractivity contribution in [3.63, 3.8) is 0 Å². The van der Waals surface area contributed by atoms with Crippen molar-refractivity contribution >= 4 is 16.5 Å². The first-order valence-electron chi connectivity index (χ1n) is 9.16. The number of phenols is 1. The number of piperidine rings is 1. The van der Waals surface area contributed by atoms with Gasteiger partial charge in [0, 0.05) is 24.7 Å². The summed E-state index contributed by atoms with van der Waals surface area (Å²) in [5.74, 6) is 0.374. The fourth-order valence-electron chi connectivity index (χ4n) is 4.10. The molecule has 0 saturated carbocycles. The topological polar surface area (TPSA) is 100 Å². The minimum absolute atomic E-state index is 0.0457. The number of benzene rings is 1. The number of phenolic OH excluding ortho intramolecular Hbond substituents is 1. The van der Waals surface area contributed by atoms with Crippen LogP contribution in [0.2, 0.25) is 0 Å². The molecule has 2 aliphatic rings. The van der Waals surface area contributed by atoms with Gasteiger partial charge in [0.1, 0.15) is 11.9 Å². The van der Waals surface area contributed by atoms with Crippen LogP contribution in [0.1, 0.15) is 19.3 Å². The number of aromatic nitrogens is 4. The summed E-state index contributed by atoms with van der Waals surface area (Å²) in [6.07, 6.45) is 2.97. The summed E-state index contributed by atoms with van der Waals surface area (Å²) in [6.45, 7) is 0. The summed E-state index contributed by atoms with van der Waals surface area (Å²) < 4.78 is 20.0. The first kappa shape index (κ1) is 17.5. The maximum atomic E-state index is 14.8. The second-order valence-electron chi connectivity index (χ2n) is 7.27. The van der Waals surface area contributed by atoms with Gasteiger partial charge < -0.3 is 19.7 Å². The molecular formula is C18H19FN6O2S. The van der Waals surface area contributed by atoms with Crippen molar-refractivity contribution in [3.8, 4) is 27.8 Å². The molecule has 2 aliphatic heterocycles. The van der Waals surface area contributed by atoms with Crippen molar-refractivity contribution in [2.24, 2.45) is 0 Å². The van der Waals surface area contributed by atoms with E-state index in [0.29, 0.717) is 33.2 Å². The van der Waals surface area contributed by atoms with Gasteiger partial charge in [-0.3, -0.25) is 0 Å². The van der Waals surface area contributed by atoms with E-state index in [1.165, 1.54) is 17.7 Å². The quantitative estimate of drug-likeness (QED) is 0.687. The third kappa shape index (κ3) is 2.92. The molecule has 2 fully saturated rings. The van der Waals surface area contributed by atoms with Crippen molar-refractivity contribution in [1.29, 1.82) is 0 Å². The molecule has 0 radical (unpaired) electrons.